The van der Waals surface area contributed by atoms with Gasteiger partial charge in [-0.05, 0) is 38.0 Å². The van der Waals surface area contributed by atoms with Crippen molar-refractivity contribution in [2.75, 3.05) is 16.8 Å². The third-order valence-electron chi connectivity index (χ3n) is 6.00. The molecular formula is C21H26N8O2. The minimum Gasteiger partial charge on any atom is -0.428 e. The van der Waals surface area contributed by atoms with Gasteiger partial charge < -0.3 is 14.6 Å². The molecule has 1 aliphatic heterocycles. The predicted molar refractivity (Wildman–Crippen MR) is 113 cm³/mol. The normalized spacial score (nSPS) is 18.0. The van der Waals surface area contributed by atoms with Crippen LogP contribution in [0.1, 0.15) is 61.9 Å². The minimum absolute atomic E-state index is 0.0502. The van der Waals surface area contributed by atoms with E-state index in [-0.39, 0.29) is 18.2 Å². The van der Waals surface area contributed by atoms with Gasteiger partial charge in [0, 0.05) is 23.9 Å². The fourth-order valence-electron chi connectivity index (χ4n) is 4.35. The second-order valence-corrected chi connectivity index (χ2v) is 8.47. The summed E-state index contributed by atoms with van der Waals surface area (Å²) in [7, 11) is 0. The molecule has 1 fully saturated rings. The van der Waals surface area contributed by atoms with Crippen LogP contribution in [-0.2, 0) is 24.1 Å². The molecule has 0 aromatic carbocycles. The molecule has 2 N–H and O–H groups in total. The molecule has 1 aliphatic carbocycles. The summed E-state index contributed by atoms with van der Waals surface area (Å²) in [6, 6.07) is 1.73. The van der Waals surface area contributed by atoms with E-state index in [1.165, 1.54) is 6.39 Å². The molecule has 2 aliphatic rings. The van der Waals surface area contributed by atoms with E-state index >= 15 is 0 Å². The Morgan fingerprint density at radius 3 is 3.00 bits per heavy atom. The van der Waals surface area contributed by atoms with Crippen LogP contribution in [-0.4, -0.2) is 48.7 Å². The van der Waals surface area contributed by atoms with E-state index in [9.17, 15) is 4.79 Å². The van der Waals surface area contributed by atoms with Crippen LogP contribution in [0.4, 0.5) is 17.6 Å². The number of carbonyl (C=O) groups excluding carboxylic acids is 1. The second-order valence-electron chi connectivity index (χ2n) is 8.47. The van der Waals surface area contributed by atoms with Crippen molar-refractivity contribution < 1.29 is 9.21 Å². The maximum atomic E-state index is 12.9. The first-order valence-corrected chi connectivity index (χ1v) is 10.8. The summed E-state index contributed by atoms with van der Waals surface area (Å²) >= 11 is 0. The third kappa shape index (κ3) is 3.89. The standard InChI is InChI=1S/C21H26N8O2/c1-12(2)15-9-18(27-26-15)24-20-13-5-3-6-14(13)23-21(25-20)29-8-4-7-16(29)17(30)10-19-28-22-11-31-19/h9,11-12,16H,3-8,10H2,1-2H3,(H2,23,24,25,26,27). The Labute approximate surface area is 179 Å². The molecule has 0 amide bonds. The van der Waals surface area contributed by atoms with Gasteiger partial charge >= 0.3 is 0 Å². The highest BCUT2D eigenvalue weighted by molar-refractivity contribution is 5.88. The topological polar surface area (TPSA) is 126 Å². The Balaban J connectivity index is 1.42. The molecule has 1 atom stereocenters. The average Bonchev–Trinajstić information content (AvgIpc) is 3.53. The van der Waals surface area contributed by atoms with Gasteiger partial charge in [-0.2, -0.15) is 10.1 Å². The van der Waals surface area contributed by atoms with Gasteiger partial charge in [-0.3, -0.25) is 9.89 Å². The number of aromatic nitrogens is 6. The van der Waals surface area contributed by atoms with E-state index in [1.807, 2.05) is 11.0 Å². The quantitative estimate of drug-likeness (QED) is 0.591. The molecule has 10 nitrogen and oxygen atoms in total. The van der Waals surface area contributed by atoms with E-state index < -0.39 is 0 Å². The summed E-state index contributed by atoms with van der Waals surface area (Å²) < 4.78 is 5.16. The number of anilines is 3. The first-order chi connectivity index (χ1) is 15.1. The van der Waals surface area contributed by atoms with Gasteiger partial charge in [-0.25, -0.2) is 4.98 Å². The van der Waals surface area contributed by atoms with Gasteiger partial charge in [-0.15, -0.1) is 10.2 Å². The predicted octanol–water partition coefficient (Wildman–Crippen LogP) is 2.72. The minimum atomic E-state index is -0.280. The molecule has 0 saturated carbocycles. The van der Waals surface area contributed by atoms with E-state index in [0.717, 1.165) is 67.2 Å². The van der Waals surface area contributed by atoms with Gasteiger partial charge in [0.15, 0.2) is 11.6 Å². The molecule has 162 valence electrons. The van der Waals surface area contributed by atoms with Crippen molar-refractivity contribution in [2.45, 2.75) is 64.3 Å². The number of H-pyrrole nitrogens is 1. The molecule has 10 heteroatoms. The van der Waals surface area contributed by atoms with Crippen LogP contribution in [0.3, 0.4) is 0 Å². The Morgan fingerprint density at radius 2 is 2.23 bits per heavy atom. The average molecular weight is 422 g/mol. The molecule has 3 aromatic rings. The number of nitrogens with one attached hydrogen (secondary N) is 2. The molecule has 3 aromatic heterocycles. The summed E-state index contributed by atoms with van der Waals surface area (Å²) in [5, 5.41) is 18.3. The van der Waals surface area contributed by atoms with Crippen molar-refractivity contribution in [2.24, 2.45) is 0 Å². The largest absolute Gasteiger partial charge is 0.428 e. The summed E-state index contributed by atoms with van der Waals surface area (Å²) in [4.78, 5) is 24.6. The molecular weight excluding hydrogens is 396 g/mol. The van der Waals surface area contributed by atoms with Crippen molar-refractivity contribution in [3.05, 3.63) is 35.3 Å². The maximum absolute atomic E-state index is 12.9. The van der Waals surface area contributed by atoms with E-state index in [1.54, 1.807) is 0 Å². The number of carbonyl (C=O) groups is 1. The van der Waals surface area contributed by atoms with E-state index in [0.29, 0.717) is 17.8 Å². The molecule has 1 unspecified atom stereocenters. The fraction of sp³-hybridized carbons (Fsp3) is 0.524. The molecule has 4 heterocycles. The number of fused-ring (bicyclic) bond motifs is 1. The smallest absolute Gasteiger partial charge is 0.228 e. The van der Waals surface area contributed by atoms with Gasteiger partial charge in [0.2, 0.25) is 18.2 Å². The van der Waals surface area contributed by atoms with Crippen molar-refractivity contribution in [1.82, 2.24) is 30.4 Å². The van der Waals surface area contributed by atoms with Crippen LogP contribution in [0, 0.1) is 0 Å². The molecule has 5 rings (SSSR count). The Kier molecular flexibility index (Phi) is 5.13. The van der Waals surface area contributed by atoms with Gasteiger partial charge in [0.1, 0.15) is 5.82 Å². The lowest BCUT2D eigenvalue weighted by molar-refractivity contribution is -0.119. The molecule has 31 heavy (non-hydrogen) atoms. The molecule has 1 saturated heterocycles. The Hall–Kier alpha value is -3.30. The van der Waals surface area contributed by atoms with Crippen molar-refractivity contribution in [3.8, 4) is 0 Å². The number of rotatable bonds is 7. The number of ketones is 1. The number of Topliss-reactive ketones (excluding diaryl/α,β-unsaturated/α-hetero) is 1. The van der Waals surface area contributed by atoms with Crippen LogP contribution in [0.2, 0.25) is 0 Å². The SMILES string of the molecule is CC(C)c1cc(Nc2nc(N3CCCC3C(=O)Cc3nnco3)nc3c2CCC3)n[nH]1. The summed E-state index contributed by atoms with van der Waals surface area (Å²) in [5.74, 6) is 2.89. The maximum Gasteiger partial charge on any atom is 0.228 e. The molecule has 0 bridgehead atoms. The van der Waals surface area contributed by atoms with Crippen LogP contribution in [0.25, 0.3) is 0 Å². The van der Waals surface area contributed by atoms with Crippen LogP contribution >= 0.6 is 0 Å². The zero-order valence-electron chi connectivity index (χ0n) is 17.8. The van der Waals surface area contributed by atoms with Crippen molar-refractivity contribution in [1.29, 1.82) is 0 Å². The zero-order valence-corrected chi connectivity index (χ0v) is 17.8. The lowest BCUT2D eigenvalue weighted by Gasteiger charge is -2.24. The van der Waals surface area contributed by atoms with Crippen molar-refractivity contribution >= 4 is 23.4 Å². The van der Waals surface area contributed by atoms with Crippen LogP contribution in [0.5, 0.6) is 0 Å². The number of aromatic amines is 1. The third-order valence-corrected chi connectivity index (χ3v) is 6.00. The summed E-state index contributed by atoms with van der Waals surface area (Å²) in [5.41, 5.74) is 3.27. The number of nitrogens with zero attached hydrogens (tertiary/aromatic N) is 6. The van der Waals surface area contributed by atoms with Gasteiger partial charge in [-0.1, -0.05) is 13.8 Å². The first-order valence-electron chi connectivity index (χ1n) is 10.8. The molecule has 0 spiro atoms. The Bertz CT molecular complexity index is 1080. The van der Waals surface area contributed by atoms with Gasteiger partial charge in [0.05, 0.1) is 18.2 Å². The van der Waals surface area contributed by atoms with Crippen LogP contribution < -0.4 is 10.2 Å². The summed E-state index contributed by atoms with van der Waals surface area (Å²) in [6.45, 7) is 4.99. The lowest BCUT2D eigenvalue weighted by Crippen LogP contribution is -2.38. The van der Waals surface area contributed by atoms with E-state index in [4.69, 9.17) is 14.4 Å². The monoisotopic (exact) mass is 422 g/mol. The number of hydrogen-bond acceptors (Lipinski definition) is 9. The van der Waals surface area contributed by atoms with Crippen LogP contribution in [0.15, 0.2) is 16.9 Å². The van der Waals surface area contributed by atoms with Crippen molar-refractivity contribution in [3.63, 3.8) is 0 Å². The highest BCUT2D eigenvalue weighted by Gasteiger charge is 2.34. The fourth-order valence-corrected chi connectivity index (χ4v) is 4.35. The first kappa shape index (κ1) is 19.7. The highest BCUT2D eigenvalue weighted by atomic mass is 16.4. The molecule has 0 radical (unpaired) electrons. The lowest BCUT2D eigenvalue weighted by atomic mass is 10.1. The zero-order chi connectivity index (χ0) is 21.4. The van der Waals surface area contributed by atoms with E-state index in [2.05, 4.69) is 39.6 Å². The van der Waals surface area contributed by atoms with Gasteiger partial charge in [0.25, 0.3) is 0 Å². The Morgan fingerprint density at radius 1 is 1.32 bits per heavy atom. The number of hydrogen-bond donors (Lipinski definition) is 2. The highest BCUT2D eigenvalue weighted by Crippen LogP contribution is 2.33. The second kappa shape index (κ2) is 8.09. The summed E-state index contributed by atoms with van der Waals surface area (Å²) in [6.07, 6.45) is 5.98. The number of aryl methyl sites for hydroxylation is 1.